The topological polar surface area (TPSA) is 302 Å². The van der Waals surface area contributed by atoms with Gasteiger partial charge in [-0.25, -0.2) is 0 Å². The zero-order valence-electron chi connectivity index (χ0n) is 40.3. The van der Waals surface area contributed by atoms with E-state index in [1.807, 2.05) is 6.92 Å². The molecule has 0 unspecified atom stereocenters. The van der Waals surface area contributed by atoms with Crippen molar-refractivity contribution >= 4 is 5.97 Å². The summed E-state index contributed by atoms with van der Waals surface area (Å²) in [6.45, 7) is 10.7. The van der Waals surface area contributed by atoms with Gasteiger partial charge in [0.2, 0.25) is 0 Å². The SMILES string of the molecule is CO[C@]1(CC[C@@H](C)CO[C@@H]2O[C@H](CO)[C@@H](O)[C@H](O)[C@H]2O)O[C@H]2C[C@H]3[C@@H]4CC=C5C[C@@H](O)C[C@@H](O[C@@H]6O[C@H](COC(C)=O)[C@H](O)[C@H](O)[C@H]6O[C@@H]6O[C@@H](C)[C@H](O)[C@@H](O)[C@H]6O)[C@]5(C)[C@H]4CC[C@]3(C)[C@H]2[C@@H]1C. The van der Waals surface area contributed by atoms with Crippen LogP contribution in [0.2, 0.25) is 0 Å². The molecule has 68 heavy (non-hydrogen) atoms. The zero-order valence-corrected chi connectivity index (χ0v) is 40.3. The van der Waals surface area contributed by atoms with Crippen LogP contribution < -0.4 is 0 Å². The summed E-state index contributed by atoms with van der Waals surface area (Å²) in [6, 6.07) is 0. The first-order chi connectivity index (χ1) is 32.1. The lowest BCUT2D eigenvalue weighted by molar-refractivity contribution is -0.374. The van der Waals surface area contributed by atoms with E-state index in [2.05, 4.69) is 26.8 Å². The van der Waals surface area contributed by atoms with Gasteiger partial charge in [0, 0.05) is 38.2 Å². The maximum Gasteiger partial charge on any atom is 0.302 e. The molecular formula is C48H78O20. The molecule has 0 aromatic carbocycles. The number of methoxy groups -OCH3 is 1. The van der Waals surface area contributed by atoms with Gasteiger partial charge in [-0.05, 0) is 80.5 Å². The lowest BCUT2D eigenvalue weighted by Gasteiger charge is -2.60. The van der Waals surface area contributed by atoms with Crippen LogP contribution in [0.1, 0.15) is 92.9 Å². The van der Waals surface area contributed by atoms with Crippen molar-refractivity contribution in [2.24, 2.45) is 46.3 Å². The van der Waals surface area contributed by atoms with Gasteiger partial charge in [0.15, 0.2) is 24.7 Å². The summed E-state index contributed by atoms with van der Waals surface area (Å²) in [4.78, 5) is 11.8. The summed E-state index contributed by atoms with van der Waals surface area (Å²) in [6.07, 6.45) is -15.5. The van der Waals surface area contributed by atoms with E-state index < -0.39 is 135 Å². The molecular weight excluding hydrogens is 897 g/mol. The summed E-state index contributed by atoms with van der Waals surface area (Å²) in [5, 5.41) is 107. The van der Waals surface area contributed by atoms with Gasteiger partial charge in [0.25, 0.3) is 0 Å². The minimum absolute atomic E-state index is 0.0238. The zero-order chi connectivity index (χ0) is 49.4. The summed E-state index contributed by atoms with van der Waals surface area (Å²) >= 11 is 0. The minimum atomic E-state index is -1.73. The van der Waals surface area contributed by atoms with Crippen molar-refractivity contribution in [3.8, 4) is 0 Å². The molecule has 0 aromatic heterocycles. The van der Waals surface area contributed by atoms with Gasteiger partial charge >= 0.3 is 5.97 Å². The predicted octanol–water partition coefficient (Wildman–Crippen LogP) is -0.636. The number of allylic oxidation sites excluding steroid dienone is 1. The van der Waals surface area contributed by atoms with Gasteiger partial charge < -0.3 is 93.7 Å². The Morgan fingerprint density at radius 1 is 0.824 bits per heavy atom. The highest BCUT2D eigenvalue weighted by atomic mass is 16.8. The summed E-state index contributed by atoms with van der Waals surface area (Å²) in [5.41, 5.74) is 0.355. The van der Waals surface area contributed by atoms with E-state index in [-0.39, 0.29) is 60.1 Å². The first-order valence-electron chi connectivity index (χ1n) is 24.8. The Bertz CT molecular complexity index is 1770. The first-order valence-corrected chi connectivity index (χ1v) is 24.8. The number of carbonyl (C=O) groups is 1. The molecule has 0 bridgehead atoms. The van der Waals surface area contributed by atoms with Crippen molar-refractivity contribution in [2.45, 2.75) is 209 Å². The van der Waals surface area contributed by atoms with Crippen LogP contribution in [0.15, 0.2) is 11.6 Å². The lowest BCUT2D eigenvalue weighted by Crippen LogP contribution is -2.65. The van der Waals surface area contributed by atoms with E-state index >= 15 is 0 Å². The second-order valence-electron chi connectivity index (χ2n) is 21.9. The molecule has 7 fully saturated rings. The van der Waals surface area contributed by atoms with Crippen molar-refractivity contribution in [2.75, 3.05) is 26.9 Å². The van der Waals surface area contributed by atoms with E-state index in [9.17, 15) is 55.9 Å². The number of rotatable bonds is 14. The Hall–Kier alpha value is -1.51. The Kier molecular flexibility index (Phi) is 15.9. The predicted molar refractivity (Wildman–Crippen MR) is 233 cm³/mol. The van der Waals surface area contributed by atoms with Crippen LogP contribution in [0.4, 0.5) is 0 Å². The van der Waals surface area contributed by atoms with Gasteiger partial charge in [-0.3, -0.25) is 4.79 Å². The van der Waals surface area contributed by atoms with Gasteiger partial charge in [-0.15, -0.1) is 0 Å². The van der Waals surface area contributed by atoms with E-state index in [0.717, 1.165) is 31.3 Å². The number of aliphatic hydroxyl groups is 10. The Morgan fingerprint density at radius 3 is 2.19 bits per heavy atom. The lowest BCUT2D eigenvalue weighted by atomic mass is 9.46. The van der Waals surface area contributed by atoms with Crippen molar-refractivity contribution in [1.82, 2.24) is 0 Å². The second-order valence-corrected chi connectivity index (χ2v) is 21.9. The number of esters is 1. The summed E-state index contributed by atoms with van der Waals surface area (Å²) in [7, 11) is 1.69. The highest BCUT2D eigenvalue weighted by molar-refractivity contribution is 5.65. The number of hydrogen-bond acceptors (Lipinski definition) is 20. The number of carbonyl (C=O) groups excluding carboxylic acids is 1. The van der Waals surface area contributed by atoms with Crippen LogP contribution in [0.3, 0.4) is 0 Å². The molecule has 4 aliphatic heterocycles. The third kappa shape index (κ3) is 9.27. The molecule has 10 N–H and O–H groups in total. The van der Waals surface area contributed by atoms with Gasteiger partial charge in [0.1, 0.15) is 73.8 Å². The number of ether oxygens (including phenoxy) is 9. The summed E-state index contributed by atoms with van der Waals surface area (Å²) in [5.74, 6) is -0.645. The van der Waals surface area contributed by atoms with E-state index in [4.69, 9.17) is 42.6 Å². The molecule has 0 aromatic rings. The number of aliphatic hydroxyl groups excluding tert-OH is 10. The van der Waals surface area contributed by atoms with Crippen LogP contribution in [-0.2, 0) is 47.4 Å². The van der Waals surface area contributed by atoms with Crippen LogP contribution in [0.25, 0.3) is 0 Å². The largest absolute Gasteiger partial charge is 0.463 e. The van der Waals surface area contributed by atoms with Crippen LogP contribution >= 0.6 is 0 Å². The Balaban J connectivity index is 0.977. The molecule has 390 valence electrons. The quantitative estimate of drug-likeness (QED) is 0.0765. The molecule has 8 rings (SSSR count). The minimum Gasteiger partial charge on any atom is -0.463 e. The van der Waals surface area contributed by atoms with Crippen molar-refractivity contribution in [1.29, 1.82) is 0 Å². The van der Waals surface area contributed by atoms with Crippen LogP contribution in [-0.4, -0.2) is 200 Å². The van der Waals surface area contributed by atoms with Crippen LogP contribution in [0.5, 0.6) is 0 Å². The van der Waals surface area contributed by atoms with Crippen molar-refractivity contribution in [3.05, 3.63) is 11.6 Å². The standard InChI is InChI=1S/C48H78O20/c1-20(18-62-43-40(58)38(56)35(53)30(17-49)64-43)10-13-48(60-7)21(2)33-29(68-48)16-28-26-9-8-24-14-25(51)15-32(47(24,6)27(26)11-12-46(28,33)5)66-45-42(39(57)36(54)31(65-45)19-61-23(4)50)67-44-41(59)37(55)34(52)22(3)63-44/h8,20-22,25-45,49,51-59H,9-19H2,1-7H3/t20-,21+,22+,25-,26-,27+,28+,29+,30-,31-,32-,33+,34+,35-,36+,37-,38+,39+,40-,41-,42-,43-,44+,45+,46+,47+,48-/m1/s1. The normalized spacial score (nSPS) is 52.8. The molecule has 4 aliphatic carbocycles. The Labute approximate surface area is 397 Å². The van der Waals surface area contributed by atoms with Gasteiger partial charge in [0.05, 0.1) is 37.6 Å². The second kappa shape index (κ2) is 20.4. The number of hydrogen-bond donors (Lipinski definition) is 10. The molecule has 0 amide bonds. The molecule has 3 saturated carbocycles. The van der Waals surface area contributed by atoms with Gasteiger partial charge in [-0.2, -0.15) is 0 Å². The fraction of sp³-hybridized carbons (Fsp3) is 0.938. The average molecular weight is 975 g/mol. The maximum absolute atomic E-state index is 11.8. The highest BCUT2D eigenvalue weighted by Crippen LogP contribution is 2.70. The van der Waals surface area contributed by atoms with E-state index in [0.29, 0.717) is 19.3 Å². The molecule has 0 radical (unpaired) electrons. The average Bonchev–Trinajstić information content (AvgIpc) is 3.76. The highest BCUT2D eigenvalue weighted by Gasteiger charge is 2.69. The molecule has 27 atom stereocenters. The van der Waals surface area contributed by atoms with Crippen molar-refractivity contribution in [3.63, 3.8) is 0 Å². The molecule has 20 nitrogen and oxygen atoms in total. The monoisotopic (exact) mass is 975 g/mol. The van der Waals surface area contributed by atoms with Gasteiger partial charge in [-0.1, -0.05) is 39.3 Å². The molecule has 0 spiro atoms. The third-order valence-electron chi connectivity index (χ3n) is 18.0. The summed E-state index contributed by atoms with van der Waals surface area (Å²) < 4.78 is 55.1. The number of fused-ring (bicyclic) bond motifs is 7. The third-order valence-corrected chi connectivity index (χ3v) is 18.0. The first kappa shape index (κ1) is 52.8. The van der Waals surface area contributed by atoms with E-state index in [1.165, 1.54) is 13.8 Å². The molecule has 20 heteroatoms. The Morgan fingerprint density at radius 2 is 1.50 bits per heavy atom. The fourth-order valence-electron chi connectivity index (χ4n) is 14.1. The van der Waals surface area contributed by atoms with E-state index in [1.54, 1.807) is 7.11 Å². The smallest absolute Gasteiger partial charge is 0.302 e. The van der Waals surface area contributed by atoms with Crippen LogP contribution in [0, 0.1) is 46.3 Å². The maximum atomic E-state index is 11.8. The molecule has 4 saturated heterocycles. The molecule has 8 aliphatic rings. The van der Waals surface area contributed by atoms with Crippen molar-refractivity contribution < 1.29 is 98.5 Å². The molecule has 4 heterocycles. The fourth-order valence-corrected chi connectivity index (χ4v) is 14.1.